The molecule has 0 radical (unpaired) electrons. The molecular weight excluding hydrogens is 302 g/mol. The van der Waals surface area contributed by atoms with Gasteiger partial charge in [0.2, 0.25) is 0 Å². The Morgan fingerprint density at radius 2 is 1.30 bits per heavy atom. The number of ketones is 1. The van der Waals surface area contributed by atoms with Gasteiger partial charge in [-0.15, -0.1) is 12.6 Å². The van der Waals surface area contributed by atoms with E-state index in [0.717, 1.165) is 10.5 Å². The van der Waals surface area contributed by atoms with Crippen LogP contribution < -0.4 is 5.32 Å². The molecule has 1 aliphatic rings. The molecule has 0 aromatic heterocycles. The molecule has 1 fully saturated rings. The Balaban J connectivity index is 0.000000309. The summed E-state index contributed by atoms with van der Waals surface area (Å²) in [6.45, 7) is 8.06. The third kappa shape index (κ3) is 12.6. The number of thiol groups is 1. The van der Waals surface area contributed by atoms with Crippen LogP contribution in [-0.4, -0.2) is 18.9 Å². The predicted octanol–water partition coefficient (Wildman–Crippen LogP) is 5.26. The van der Waals surface area contributed by atoms with E-state index in [4.69, 9.17) is 0 Å². The molecule has 3 heteroatoms. The first-order valence-corrected chi connectivity index (χ1v) is 8.65. The van der Waals surface area contributed by atoms with Crippen LogP contribution in [0.5, 0.6) is 0 Å². The van der Waals surface area contributed by atoms with Crippen LogP contribution in [0.1, 0.15) is 44.0 Å². The second-order valence-electron chi connectivity index (χ2n) is 4.71. The molecule has 1 aliphatic heterocycles. The fourth-order valence-electron chi connectivity index (χ4n) is 1.73. The molecule has 0 bridgehead atoms. The van der Waals surface area contributed by atoms with Gasteiger partial charge in [-0.25, -0.2) is 0 Å². The number of Topliss-reactive ketones (excluding diaryl/α,β-unsaturated/α-hetero) is 1. The highest BCUT2D eigenvalue weighted by molar-refractivity contribution is 7.80. The van der Waals surface area contributed by atoms with Gasteiger partial charge in [0.05, 0.1) is 0 Å². The van der Waals surface area contributed by atoms with Gasteiger partial charge in [0.1, 0.15) is 0 Å². The van der Waals surface area contributed by atoms with E-state index in [1.165, 1.54) is 25.9 Å². The Kier molecular flexibility index (Phi) is 14.3. The summed E-state index contributed by atoms with van der Waals surface area (Å²) in [6, 6.07) is 19.0. The van der Waals surface area contributed by atoms with Gasteiger partial charge in [-0.05, 0) is 45.0 Å². The van der Waals surface area contributed by atoms with E-state index in [1.807, 2.05) is 74.5 Å². The van der Waals surface area contributed by atoms with E-state index >= 15 is 0 Å². The highest BCUT2D eigenvalue weighted by Gasteiger charge is 1.93. The van der Waals surface area contributed by atoms with E-state index in [0.29, 0.717) is 0 Å². The molecule has 0 amide bonds. The summed E-state index contributed by atoms with van der Waals surface area (Å²) in [7, 11) is 0. The number of rotatable bonds is 1. The minimum absolute atomic E-state index is 0.121. The first-order chi connectivity index (χ1) is 11.2. The second kappa shape index (κ2) is 15.3. The van der Waals surface area contributed by atoms with Crippen molar-refractivity contribution >= 4 is 18.4 Å². The molecule has 0 atom stereocenters. The van der Waals surface area contributed by atoms with Crippen molar-refractivity contribution in [1.29, 1.82) is 0 Å². The van der Waals surface area contributed by atoms with Crippen molar-refractivity contribution in [2.45, 2.75) is 38.5 Å². The van der Waals surface area contributed by atoms with Crippen LogP contribution in [0.4, 0.5) is 0 Å². The van der Waals surface area contributed by atoms with Crippen LogP contribution in [-0.2, 0) is 0 Å². The average molecular weight is 332 g/mol. The zero-order chi connectivity index (χ0) is 17.3. The molecular formula is C20H29NOS. The van der Waals surface area contributed by atoms with Gasteiger partial charge in [-0.1, -0.05) is 62.4 Å². The number of carbonyl (C=O) groups excluding carboxylic acids is 1. The fraction of sp³-hybridized carbons (Fsp3) is 0.350. The van der Waals surface area contributed by atoms with Crippen LogP contribution in [0.3, 0.4) is 0 Å². The van der Waals surface area contributed by atoms with Crippen molar-refractivity contribution in [3.63, 3.8) is 0 Å². The van der Waals surface area contributed by atoms with E-state index in [2.05, 4.69) is 17.9 Å². The summed E-state index contributed by atoms with van der Waals surface area (Å²) >= 11 is 4.08. The van der Waals surface area contributed by atoms with Crippen molar-refractivity contribution in [2.75, 3.05) is 13.1 Å². The molecule has 2 aromatic carbocycles. The van der Waals surface area contributed by atoms with Gasteiger partial charge < -0.3 is 5.32 Å². The SMILES string of the molecule is C1CCNC1.CC.CC(=O)c1ccccc1.Sc1ccccc1. The monoisotopic (exact) mass is 331 g/mol. The molecule has 2 aromatic rings. The third-order valence-corrected chi connectivity index (χ3v) is 3.19. The molecule has 0 spiro atoms. The van der Waals surface area contributed by atoms with Crippen LogP contribution in [0.25, 0.3) is 0 Å². The second-order valence-corrected chi connectivity index (χ2v) is 5.23. The molecule has 126 valence electrons. The van der Waals surface area contributed by atoms with Crippen molar-refractivity contribution in [1.82, 2.24) is 5.32 Å². The lowest BCUT2D eigenvalue weighted by atomic mass is 10.2. The normalized spacial score (nSPS) is 11.7. The quantitative estimate of drug-likeness (QED) is 0.551. The molecule has 1 N–H and O–H groups in total. The molecule has 2 nitrogen and oxygen atoms in total. The minimum Gasteiger partial charge on any atom is -0.317 e. The highest BCUT2D eigenvalue weighted by atomic mass is 32.1. The number of nitrogens with one attached hydrogen (secondary N) is 1. The Bertz CT molecular complexity index is 488. The van der Waals surface area contributed by atoms with E-state index < -0.39 is 0 Å². The molecule has 3 rings (SSSR count). The topological polar surface area (TPSA) is 29.1 Å². The standard InChI is InChI=1S/C8H8O.C6H6S.C4H9N.C2H6/c1-7(9)8-5-3-2-4-6-8;7-6-4-2-1-3-5-6;1-2-4-5-3-1;1-2/h2-6H,1H3;1-5,7H;5H,1-4H2;1-2H3. The Morgan fingerprint density at radius 3 is 1.52 bits per heavy atom. The predicted molar refractivity (Wildman–Crippen MR) is 104 cm³/mol. The van der Waals surface area contributed by atoms with Crippen LogP contribution in [0, 0.1) is 0 Å². The maximum absolute atomic E-state index is 10.6. The molecule has 1 saturated heterocycles. The average Bonchev–Trinajstić information content (AvgIpc) is 3.19. The summed E-state index contributed by atoms with van der Waals surface area (Å²) in [5.74, 6) is 0.121. The first kappa shape index (κ1) is 21.4. The summed E-state index contributed by atoms with van der Waals surface area (Å²) in [5.41, 5.74) is 0.775. The molecule has 23 heavy (non-hydrogen) atoms. The summed E-state index contributed by atoms with van der Waals surface area (Å²) in [6.07, 6.45) is 2.78. The van der Waals surface area contributed by atoms with Crippen molar-refractivity contribution in [3.8, 4) is 0 Å². The number of hydrogen-bond donors (Lipinski definition) is 2. The Hall–Kier alpha value is -1.58. The Labute approximate surface area is 146 Å². The lowest BCUT2D eigenvalue weighted by molar-refractivity contribution is 0.101. The first-order valence-electron chi connectivity index (χ1n) is 8.21. The van der Waals surface area contributed by atoms with Crippen LogP contribution in [0.15, 0.2) is 65.6 Å². The fourth-order valence-corrected chi connectivity index (χ4v) is 1.90. The molecule has 0 aliphatic carbocycles. The van der Waals surface area contributed by atoms with Gasteiger partial charge >= 0.3 is 0 Å². The van der Waals surface area contributed by atoms with E-state index in [9.17, 15) is 4.79 Å². The van der Waals surface area contributed by atoms with Gasteiger partial charge in [0.25, 0.3) is 0 Å². The van der Waals surface area contributed by atoms with Crippen LogP contribution >= 0.6 is 12.6 Å². The molecule has 1 heterocycles. The maximum Gasteiger partial charge on any atom is 0.159 e. The number of hydrogen-bond acceptors (Lipinski definition) is 3. The summed E-state index contributed by atoms with van der Waals surface area (Å²) in [4.78, 5) is 11.7. The van der Waals surface area contributed by atoms with E-state index in [-0.39, 0.29) is 5.78 Å². The lowest BCUT2D eigenvalue weighted by Gasteiger charge is -1.89. The Morgan fingerprint density at radius 1 is 0.870 bits per heavy atom. The zero-order valence-electron chi connectivity index (χ0n) is 14.5. The minimum atomic E-state index is 0.121. The largest absolute Gasteiger partial charge is 0.317 e. The number of carbonyl (C=O) groups is 1. The van der Waals surface area contributed by atoms with Gasteiger partial charge in [0, 0.05) is 10.5 Å². The van der Waals surface area contributed by atoms with Gasteiger partial charge in [-0.3, -0.25) is 4.79 Å². The lowest BCUT2D eigenvalue weighted by Crippen LogP contribution is -2.03. The van der Waals surface area contributed by atoms with Crippen molar-refractivity contribution in [2.24, 2.45) is 0 Å². The van der Waals surface area contributed by atoms with Crippen molar-refractivity contribution in [3.05, 3.63) is 66.2 Å². The van der Waals surface area contributed by atoms with Crippen LogP contribution in [0.2, 0.25) is 0 Å². The molecule has 0 saturated carbocycles. The molecule has 0 unspecified atom stereocenters. The third-order valence-electron chi connectivity index (χ3n) is 2.89. The van der Waals surface area contributed by atoms with Gasteiger partial charge in [0.15, 0.2) is 5.78 Å². The van der Waals surface area contributed by atoms with Crippen molar-refractivity contribution < 1.29 is 4.79 Å². The smallest absolute Gasteiger partial charge is 0.159 e. The number of benzene rings is 2. The summed E-state index contributed by atoms with van der Waals surface area (Å²) < 4.78 is 0. The summed E-state index contributed by atoms with van der Waals surface area (Å²) in [5, 5.41) is 3.22. The van der Waals surface area contributed by atoms with Gasteiger partial charge in [-0.2, -0.15) is 0 Å². The maximum atomic E-state index is 10.6. The van der Waals surface area contributed by atoms with E-state index in [1.54, 1.807) is 6.92 Å². The zero-order valence-corrected chi connectivity index (χ0v) is 15.4. The highest BCUT2D eigenvalue weighted by Crippen LogP contribution is 2.01.